The van der Waals surface area contributed by atoms with E-state index >= 15 is 0 Å². The number of carbonyl (C=O) groups excluding carboxylic acids is 1. The maximum absolute atomic E-state index is 12.2. The molecule has 1 aliphatic heterocycles. The molecule has 2 aliphatic carbocycles. The second-order valence-corrected chi connectivity index (χ2v) is 9.39. The largest absolute Gasteiger partial charge is 0.299 e. The zero-order chi connectivity index (χ0) is 20.1. The van der Waals surface area contributed by atoms with Gasteiger partial charge in [-0.05, 0) is 66.1 Å². The van der Waals surface area contributed by atoms with E-state index < -0.39 is 4.92 Å². The van der Waals surface area contributed by atoms with Gasteiger partial charge in [-0.15, -0.1) is 5.10 Å². The Labute approximate surface area is 167 Å². The number of hydrogen-bond donors (Lipinski definition) is 1. The van der Waals surface area contributed by atoms with Crippen LogP contribution < -0.4 is 5.32 Å². The fraction of sp³-hybridized carbons (Fsp3) is 0.450. The summed E-state index contributed by atoms with van der Waals surface area (Å²) >= 11 is 1.24. The van der Waals surface area contributed by atoms with Gasteiger partial charge < -0.3 is 0 Å². The van der Waals surface area contributed by atoms with Gasteiger partial charge in [-0.25, -0.2) is 0 Å². The summed E-state index contributed by atoms with van der Waals surface area (Å²) in [5, 5.41) is 22.8. The van der Waals surface area contributed by atoms with Crippen molar-refractivity contribution in [2.75, 3.05) is 0 Å². The first-order valence-electron chi connectivity index (χ1n) is 9.31. The van der Waals surface area contributed by atoms with Crippen molar-refractivity contribution in [2.24, 2.45) is 27.0 Å². The van der Waals surface area contributed by atoms with Crippen LogP contribution in [0.5, 0.6) is 0 Å². The topological polar surface area (TPSA) is 97.0 Å². The summed E-state index contributed by atoms with van der Waals surface area (Å²) in [4.78, 5) is 23.0. The molecule has 3 fully saturated rings. The molecule has 0 spiro atoms. The maximum atomic E-state index is 12.2. The number of nitro benzene ring substituents is 1. The number of nitrogens with zero attached hydrogens (tertiary/aromatic N) is 3. The number of nitrogens with one attached hydrogen (secondary N) is 1. The monoisotopic (exact) mass is 398 g/mol. The smallest absolute Gasteiger partial charge is 0.269 e. The van der Waals surface area contributed by atoms with Gasteiger partial charge in [0.25, 0.3) is 11.6 Å². The molecule has 1 saturated heterocycles. The van der Waals surface area contributed by atoms with Gasteiger partial charge in [0.2, 0.25) is 0 Å². The molecular formula is C20H22N4O3S. The zero-order valence-corrected chi connectivity index (χ0v) is 16.9. The molecule has 28 heavy (non-hydrogen) atoms. The molecule has 2 saturated carbocycles. The number of non-ortho nitro benzene ring substituents is 1. The minimum Gasteiger partial charge on any atom is -0.299 e. The number of fused-ring (bicyclic) bond motifs is 2. The minimum absolute atomic E-state index is 0.0195. The summed E-state index contributed by atoms with van der Waals surface area (Å²) in [5.74, 6) is 0.418. The van der Waals surface area contributed by atoms with Crippen molar-refractivity contribution in [1.82, 2.24) is 5.32 Å². The van der Waals surface area contributed by atoms with Crippen molar-refractivity contribution in [2.45, 2.75) is 40.0 Å². The molecule has 8 heteroatoms. The van der Waals surface area contributed by atoms with E-state index in [9.17, 15) is 14.9 Å². The number of thioether (sulfide) groups is 1. The second kappa shape index (κ2) is 6.55. The van der Waals surface area contributed by atoms with Gasteiger partial charge in [0, 0.05) is 23.3 Å². The zero-order valence-electron chi connectivity index (χ0n) is 16.1. The SMILES string of the molecule is CC12CCC(CC1=N/N=C1\NC(=O)C(=Cc3ccc([N+](=O)[O-])cc3)S1)C2(C)C. The minimum atomic E-state index is -0.449. The Morgan fingerprint density at radius 2 is 1.96 bits per heavy atom. The molecule has 1 N–H and O–H groups in total. The standard InChI is InChI=1S/C20H22N4O3S/c1-19(2)13-8-9-20(19,3)16(11-13)22-23-18-21-17(25)15(28-18)10-12-4-6-14(7-5-12)24(26)27/h4-7,10,13H,8-9,11H2,1-3H3,(H,21,23,25). The first-order chi connectivity index (χ1) is 13.2. The van der Waals surface area contributed by atoms with Crippen molar-refractivity contribution in [3.05, 3.63) is 44.8 Å². The van der Waals surface area contributed by atoms with E-state index in [0.717, 1.165) is 24.1 Å². The number of carbonyl (C=O) groups is 1. The third-order valence-electron chi connectivity index (χ3n) is 6.83. The number of benzene rings is 1. The number of rotatable bonds is 3. The number of nitro groups is 1. The summed E-state index contributed by atoms with van der Waals surface area (Å²) in [5.41, 5.74) is 2.18. The predicted molar refractivity (Wildman–Crippen MR) is 111 cm³/mol. The maximum Gasteiger partial charge on any atom is 0.269 e. The van der Waals surface area contributed by atoms with Crippen LogP contribution in [0.1, 0.15) is 45.6 Å². The Kier molecular flexibility index (Phi) is 4.41. The quantitative estimate of drug-likeness (QED) is 0.465. The molecule has 0 aromatic heterocycles. The van der Waals surface area contributed by atoms with Gasteiger partial charge in [0.1, 0.15) is 0 Å². The van der Waals surface area contributed by atoms with Crippen LogP contribution in [0.3, 0.4) is 0 Å². The molecule has 4 rings (SSSR count). The normalized spacial score (nSPS) is 32.5. The van der Waals surface area contributed by atoms with E-state index in [4.69, 9.17) is 0 Å². The lowest BCUT2D eigenvalue weighted by molar-refractivity contribution is -0.384. The van der Waals surface area contributed by atoms with Gasteiger partial charge in [0.15, 0.2) is 5.17 Å². The van der Waals surface area contributed by atoms with E-state index in [0.29, 0.717) is 16.0 Å². The summed E-state index contributed by atoms with van der Waals surface area (Å²) in [7, 11) is 0. The number of amides is 1. The lowest BCUT2D eigenvalue weighted by Crippen LogP contribution is -2.32. The van der Waals surface area contributed by atoms with Gasteiger partial charge in [0.05, 0.1) is 9.83 Å². The average Bonchev–Trinajstić information content (AvgIpc) is 3.17. The lowest BCUT2D eigenvalue weighted by atomic mass is 9.70. The first kappa shape index (κ1) is 18.9. The summed E-state index contributed by atoms with van der Waals surface area (Å²) in [6.45, 7) is 6.91. The van der Waals surface area contributed by atoms with Crippen LogP contribution in [-0.4, -0.2) is 21.7 Å². The Hall–Kier alpha value is -2.48. The van der Waals surface area contributed by atoms with Gasteiger partial charge in [-0.2, -0.15) is 5.10 Å². The van der Waals surface area contributed by atoms with Crippen molar-refractivity contribution in [1.29, 1.82) is 0 Å². The molecular weight excluding hydrogens is 376 g/mol. The van der Waals surface area contributed by atoms with Gasteiger partial charge in [-0.1, -0.05) is 20.8 Å². The molecule has 1 heterocycles. The Balaban J connectivity index is 1.51. The van der Waals surface area contributed by atoms with E-state index in [-0.39, 0.29) is 22.4 Å². The van der Waals surface area contributed by atoms with E-state index in [1.165, 1.54) is 30.3 Å². The Morgan fingerprint density at radius 3 is 2.54 bits per heavy atom. The van der Waals surface area contributed by atoms with Crippen LogP contribution in [0.15, 0.2) is 39.4 Å². The molecule has 2 unspecified atom stereocenters. The van der Waals surface area contributed by atoms with Gasteiger partial charge >= 0.3 is 0 Å². The Morgan fingerprint density at radius 1 is 1.25 bits per heavy atom. The van der Waals surface area contributed by atoms with E-state index in [2.05, 4.69) is 36.3 Å². The number of hydrogen-bond acceptors (Lipinski definition) is 6. The molecule has 7 nitrogen and oxygen atoms in total. The van der Waals surface area contributed by atoms with E-state index in [1.807, 2.05) is 0 Å². The highest BCUT2D eigenvalue weighted by Crippen LogP contribution is 2.64. The molecule has 1 aromatic rings. The van der Waals surface area contributed by atoms with Crippen LogP contribution in [0.25, 0.3) is 6.08 Å². The molecule has 2 bridgehead atoms. The van der Waals surface area contributed by atoms with E-state index in [1.54, 1.807) is 18.2 Å². The molecule has 146 valence electrons. The van der Waals surface area contributed by atoms with Crippen LogP contribution >= 0.6 is 11.8 Å². The molecule has 3 aliphatic rings. The number of amidine groups is 1. The summed E-state index contributed by atoms with van der Waals surface area (Å²) in [6.07, 6.45) is 5.05. The van der Waals surface area contributed by atoms with Gasteiger partial charge in [-0.3, -0.25) is 20.2 Å². The summed E-state index contributed by atoms with van der Waals surface area (Å²) in [6, 6.07) is 6.07. The highest BCUT2D eigenvalue weighted by molar-refractivity contribution is 8.18. The molecule has 0 radical (unpaired) electrons. The van der Waals surface area contributed by atoms with Crippen molar-refractivity contribution < 1.29 is 9.72 Å². The molecule has 2 atom stereocenters. The van der Waals surface area contributed by atoms with Crippen molar-refractivity contribution in [3.8, 4) is 0 Å². The van der Waals surface area contributed by atoms with Crippen LogP contribution in [0.2, 0.25) is 0 Å². The lowest BCUT2D eigenvalue weighted by Gasteiger charge is -2.34. The predicted octanol–water partition coefficient (Wildman–Crippen LogP) is 4.36. The fourth-order valence-corrected chi connectivity index (χ4v) is 5.28. The molecule has 1 amide bonds. The second-order valence-electron chi connectivity index (χ2n) is 8.36. The fourth-order valence-electron chi connectivity index (χ4n) is 4.50. The first-order valence-corrected chi connectivity index (χ1v) is 10.1. The third kappa shape index (κ3) is 2.96. The average molecular weight is 398 g/mol. The van der Waals surface area contributed by atoms with Crippen molar-refractivity contribution >= 4 is 40.3 Å². The Bertz CT molecular complexity index is 949. The summed E-state index contributed by atoms with van der Waals surface area (Å²) < 4.78 is 0. The third-order valence-corrected chi connectivity index (χ3v) is 7.73. The van der Waals surface area contributed by atoms with Crippen molar-refractivity contribution in [3.63, 3.8) is 0 Å². The van der Waals surface area contributed by atoms with Crippen LogP contribution in [0, 0.1) is 26.9 Å². The molecule has 1 aromatic carbocycles. The van der Waals surface area contributed by atoms with Crippen LogP contribution in [-0.2, 0) is 4.79 Å². The highest BCUT2D eigenvalue weighted by Gasteiger charge is 2.60. The van der Waals surface area contributed by atoms with Crippen LogP contribution in [0.4, 0.5) is 5.69 Å². The highest BCUT2D eigenvalue weighted by atomic mass is 32.2.